The van der Waals surface area contributed by atoms with Crippen molar-refractivity contribution in [3.63, 3.8) is 0 Å². The van der Waals surface area contributed by atoms with Crippen molar-refractivity contribution in [2.45, 2.75) is 135 Å². The SMILES string of the molecule is CO[C@H]([C@@H](C)C(=O)N[C@@H](Cc1ccc(O)cc1)C(=O)NS(=O)(=O)C1CC1)[C@@H]1CCCN1C(=O)C[C@@H](OC)[C@H](C(C)C)N(C)C(=O)[C@@H](NC(=O)[C@H](C(C)C)N(C)C)C(C)C. The number of likely N-dealkylation sites (N-methyl/N-ethyl adjacent to an activating group) is 2. The third-order valence-corrected chi connectivity index (χ3v) is 13.5. The highest BCUT2D eigenvalue weighted by Gasteiger charge is 2.44. The van der Waals surface area contributed by atoms with Crippen LogP contribution >= 0.6 is 0 Å². The molecule has 3 rings (SSSR count). The molecule has 4 N–H and O–H groups in total. The Morgan fingerprint density at radius 1 is 0.831 bits per heavy atom. The monoisotopic (exact) mass is 850 g/mol. The van der Waals surface area contributed by atoms with E-state index in [4.69, 9.17) is 9.47 Å². The van der Waals surface area contributed by atoms with E-state index in [1.807, 2.05) is 60.5 Å². The third-order valence-electron chi connectivity index (χ3n) is 11.6. The van der Waals surface area contributed by atoms with Crippen LogP contribution in [0.25, 0.3) is 0 Å². The molecule has 334 valence electrons. The number of sulfonamides is 1. The summed E-state index contributed by atoms with van der Waals surface area (Å²) >= 11 is 0. The van der Waals surface area contributed by atoms with Gasteiger partial charge in [0.2, 0.25) is 33.7 Å². The van der Waals surface area contributed by atoms with Gasteiger partial charge in [-0.3, -0.25) is 33.6 Å². The van der Waals surface area contributed by atoms with E-state index in [9.17, 15) is 37.5 Å². The van der Waals surface area contributed by atoms with Gasteiger partial charge in [-0.25, -0.2) is 8.42 Å². The number of rotatable bonds is 22. The molecule has 0 radical (unpaired) electrons. The Balaban J connectivity index is 1.79. The number of likely N-dealkylation sites (tertiary alicyclic amines) is 1. The minimum atomic E-state index is -3.90. The lowest BCUT2D eigenvalue weighted by Gasteiger charge is -2.40. The van der Waals surface area contributed by atoms with Gasteiger partial charge in [0.15, 0.2) is 0 Å². The Morgan fingerprint density at radius 3 is 1.93 bits per heavy atom. The smallest absolute Gasteiger partial charge is 0.256 e. The van der Waals surface area contributed by atoms with Crippen LogP contribution in [-0.2, 0) is 49.9 Å². The first-order valence-electron chi connectivity index (χ1n) is 20.8. The molecule has 1 saturated heterocycles. The minimum absolute atomic E-state index is 0.0140. The molecular formula is C42H70N6O10S. The van der Waals surface area contributed by atoms with Crippen LogP contribution in [-0.4, -0.2) is 147 Å². The van der Waals surface area contributed by atoms with Crippen molar-refractivity contribution in [2.24, 2.45) is 23.7 Å². The molecule has 0 aromatic heterocycles. The lowest BCUT2D eigenvalue weighted by molar-refractivity contribution is -0.147. The fourth-order valence-electron chi connectivity index (χ4n) is 8.35. The van der Waals surface area contributed by atoms with Crippen molar-refractivity contribution in [2.75, 3.05) is 41.9 Å². The van der Waals surface area contributed by atoms with Crippen LogP contribution < -0.4 is 15.4 Å². The van der Waals surface area contributed by atoms with Gasteiger partial charge < -0.3 is 35.0 Å². The number of hydrogen-bond donors (Lipinski definition) is 4. The summed E-state index contributed by atoms with van der Waals surface area (Å²) in [6.45, 7) is 13.6. The first-order valence-corrected chi connectivity index (χ1v) is 22.3. The standard InChI is InChI=1S/C42H70N6O10S/c1-24(2)35(44-41(53)37(26(5)6)46(8)9)42(54)47(10)36(25(3)4)33(57-11)23-34(50)48-21-13-14-32(48)38(58-12)27(7)39(51)43-31(22-28-15-17-29(49)18-16-28)40(52)45-59(55,56)30-19-20-30/h15-18,24-27,30-33,35-38,49H,13-14,19-23H2,1-12H3,(H,43,51)(H,44,53)(H,45,52)/t27-,31+,32+,33-,35+,36+,37+,38-/m1/s1. The summed E-state index contributed by atoms with van der Waals surface area (Å²) in [5, 5.41) is 14.8. The van der Waals surface area contributed by atoms with Gasteiger partial charge in [0.05, 0.1) is 47.9 Å². The third kappa shape index (κ3) is 13.1. The minimum Gasteiger partial charge on any atom is -0.508 e. The molecule has 5 amide bonds. The average molecular weight is 851 g/mol. The fourth-order valence-corrected chi connectivity index (χ4v) is 9.70. The number of phenolic OH excluding ortho intramolecular Hbond substituents is 1. The van der Waals surface area contributed by atoms with Crippen LogP contribution in [0.1, 0.15) is 86.1 Å². The molecule has 0 spiro atoms. The highest BCUT2D eigenvalue weighted by Crippen LogP contribution is 2.30. The number of hydrogen-bond acceptors (Lipinski definition) is 11. The molecule has 1 aromatic carbocycles. The van der Waals surface area contributed by atoms with Gasteiger partial charge in [0, 0.05) is 34.2 Å². The van der Waals surface area contributed by atoms with E-state index in [-0.39, 0.29) is 54.1 Å². The van der Waals surface area contributed by atoms with Crippen LogP contribution in [0.2, 0.25) is 0 Å². The van der Waals surface area contributed by atoms with Crippen molar-refractivity contribution in [1.82, 2.24) is 30.1 Å². The second-order valence-electron chi connectivity index (χ2n) is 17.5. The van der Waals surface area contributed by atoms with E-state index in [0.717, 1.165) is 0 Å². The predicted octanol–water partition coefficient (Wildman–Crippen LogP) is 2.29. The Labute approximate surface area is 351 Å². The zero-order valence-corrected chi connectivity index (χ0v) is 37.9. The Kier molecular flexibility index (Phi) is 18.2. The normalized spacial score (nSPS) is 19.5. The molecule has 1 aliphatic carbocycles. The van der Waals surface area contributed by atoms with Gasteiger partial charge in [-0.05, 0) is 75.2 Å². The quantitative estimate of drug-likeness (QED) is 0.133. The number of nitrogens with one attached hydrogen (secondary N) is 3. The molecule has 2 fully saturated rings. The van der Waals surface area contributed by atoms with Gasteiger partial charge >= 0.3 is 0 Å². The second-order valence-corrected chi connectivity index (χ2v) is 19.4. The zero-order valence-electron chi connectivity index (χ0n) is 37.1. The molecule has 16 nitrogen and oxygen atoms in total. The van der Waals surface area contributed by atoms with E-state index >= 15 is 0 Å². The van der Waals surface area contributed by atoms with Crippen LogP contribution in [0.5, 0.6) is 5.75 Å². The molecule has 8 atom stereocenters. The Hall–Kier alpha value is -3.80. The van der Waals surface area contributed by atoms with Crippen molar-refractivity contribution in [1.29, 1.82) is 0 Å². The van der Waals surface area contributed by atoms with Crippen molar-refractivity contribution in [3.8, 4) is 5.75 Å². The van der Waals surface area contributed by atoms with E-state index in [1.165, 1.54) is 26.4 Å². The molecule has 17 heteroatoms. The molecule has 2 aliphatic rings. The van der Waals surface area contributed by atoms with Gasteiger partial charge in [0.1, 0.15) is 17.8 Å². The number of ether oxygens (including phenoxy) is 2. The first kappa shape index (κ1) is 49.6. The molecule has 1 heterocycles. The van der Waals surface area contributed by atoms with Crippen LogP contribution in [0.15, 0.2) is 24.3 Å². The van der Waals surface area contributed by atoms with E-state index in [0.29, 0.717) is 37.8 Å². The number of phenols is 1. The molecule has 1 aromatic rings. The maximum Gasteiger partial charge on any atom is 0.256 e. The first-order chi connectivity index (χ1) is 27.6. The molecule has 0 unspecified atom stereocenters. The van der Waals surface area contributed by atoms with Gasteiger partial charge in [0.25, 0.3) is 5.91 Å². The van der Waals surface area contributed by atoms with E-state index < -0.39 is 75.4 Å². The lowest BCUT2D eigenvalue weighted by atomic mass is 9.91. The molecule has 1 aliphatic heterocycles. The highest BCUT2D eigenvalue weighted by molar-refractivity contribution is 7.90. The number of methoxy groups -OCH3 is 2. The maximum absolute atomic E-state index is 14.2. The number of benzene rings is 1. The molecule has 0 bridgehead atoms. The summed E-state index contributed by atoms with van der Waals surface area (Å²) in [6.07, 6.45) is 0.500. The summed E-state index contributed by atoms with van der Waals surface area (Å²) in [5.41, 5.74) is 0.587. The largest absolute Gasteiger partial charge is 0.508 e. The summed E-state index contributed by atoms with van der Waals surface area (Å²) in [4.78, 5) is 74.2. The number of carbonyl (C=O) groups is 5. The molecular weight excluding hydrogens is 781 g/mol. The van der Waals surface area contributed by atoms with Crippen molar-refractivity contribution >= 4 is 39.6 Å². The van der Waals surface area contributed by atoms with Gasteiger partial charge in [-0.1, -0.05) is 60.6 Å². The van der Waals surface area contributed by atoms with Crippen molar-refractivity contribution < 1.29 is 47.0 Å². The second kappa shape index (κ2) is 21.6. The summed E-state index contributed by atoms with van der Waals surface area (Å²) in [6, 6.07) is 2.50. The summed E-state index contributed by atoms with van der Waals surface area (Å²) in [5.74, 6) is -3.40. The molecule has 59 heavy (non-hydrogen) atoms. The fraction of sp³-hybridized carbons (Fsp3) is 0.738. The maximum atomic E-state index is 14.2. The van der Waals surface area contributed by atoms with E-state index in [1.54, 1.807) is 35.9 Å². The van der Waals surface area contributed by atoms with Gasteiger partial charge in [-0.2, -0.15) is 0 Å². The Morgan fingerprint density at radius 2 is 1.44 bits per heavy atom. The van der Waals surface area contributed by atoms with Crippen LogP contribution in [0, 0.1) is 23.7 Å². The number of aromatic hydroxyl groups is 1. The predicted molar refractivity (Wildman–Crippen MR) is 224 cm³/mol. The van der Waals surface area contributed by atoms with Crippen molar-refractivity contribution in [3.05, 3.63) is 29.8 Å². The van der Waals surface area contributed by atoms with Gasteiger partial charge in [-0.15, -0.1) is 0 Å². The zero-order chi connectivity index (χ0) is 44.5. The molecule has 1 saturated carbocycles. The van der Waals surface area contributed by atoms with Crippen LogP contribution in [0.3, 0.4) is 0 Å². The lowest BCUT2D eigenvalue weighted by Crippen LogP contribution is -2.59. The summed E-state index contributed by atoms with van der Waals surface area (Å²) in [7, 11) is 4.39. The summed E-state index contributed by atoms with van der Waals surface area (Å²) < 4.78 is 39.3. The van der Waals surface area contributed by atoms with Crippen LogP contribution in [0.4, 0.5) is 0 Å². The number of carbonyl (C=O) groups excluding carboxylic acids is 5. The number of nitrogens with zero attached hydrogens (tertiary/aromatic N) is 3. The Bertz CT molecular complexity index is 1690. The highest BCUT2D eigenvalue weighted by atomic mass is 32.2. The average Bonchev–Trinajstić information content (AvgIpc) is 3.92. The topological polar surface area (TPSA) is 204 Å². The number of amides is 5. The van der Waals surface area contributed by atoms with E-state index in [2.05, 4.69) is 15.4 Å².